The van der Waals surface area contributed by atoms with E-state index in [9.17, 15) is 14.9 Å². The van der Waals surface area contributed by atoms with Crippen LogP contribution in [0.2, 0.25) is 0 Å². The first-order valence-corrected chi connectivity index (χ1v) is 7.71. The van der Waals surface area contributed by atoms with Crippen LogP contribution in [0.25, 0.3) is 17.4 Å². The zero-order valence-electron chi connectivity index (χ0n) is 13.6. The van der Waals surface area contributed by atoms with Crippen LogP contribution in [0.1, 0.15) is 11.5 Å². The van der Waals surface area contributed by atoms with Crippen molar-refractivity contribution in [1.29, 1.82) is 0 Å². The molecule has 0 unspecified atom stereocenters. The fourth-order valence-corrected chi connectivity index (χ4v) is 2.17. The SMILES string of the molecule is O=C(/C=C/c1ccc([N+](=O)[O-])cc1)OCc1ncc(-c2ccccc2)o1. The van der Waals surface area contributed by atoms with Gasteiger partial charge in [0, 0.05) is 23.8 Å². The molecule has 0 spiro atoms. The minimum Gasteiger partial charge on any atom is -0.453 e. The number of rotatable bonds is 6. The first-order chi connectivity index (χ1) is 12.6. The van der Waals surface area contributed by atoms with Crippen molar-refractivity contribution in [3.8, 4) is 11.3 Å². The van der Waals surface area contributed by atoms with Gasteiger partial charge in [0.2, 0.25) is 5.89 Å². The normalized spacial score (nSPS) is 10.8. The Morgan fingerprint density at radius 3 is 2.58 bits per heavy atom. The molecule has 0 amide bonds. The highest BCUT2D eigenvalue weighted by molar-refractivity contribution is 5.87. The van der Waals surface area contributed by atoms with Crippen LogP contribution in [0.4, 0.5) is 5.69 Å². The van der Waals surface area contributed by atoms with Crippen molar-refractivity contribution in [1.82, 2.24) is 4.98 Å². The molecular weight excluding hydrogens is 336 g/mol. The van der Waals surface area contributed by atoms with Crippen LogP contribution in [-0.2, 0) is 16.1 Å². The van der Waals surface area contributed by atoms with Crippen molar-refractivity contribution in [2.24, 2.45) is 0 Å². The van der Waals surface area contributed by atoms with E-state index in [4.69, 9.17) is 9.15 Å². The van der Waals surface area contributed by atoms with Gasteiger partial charge in [0.25, 0.3) is 5.69 Å². The molecular formula is C19H14N2O5. The second-order valence-corrected chi connectivity index (χ2v) is 5.27. The van der Waals surface area contributed by atoms with Gasteiger partial charge in [-0.3, -0.25) is 10.1 Å². The van der Waals surface area contributed by atoms with E-state index in [0.717, 1.165) is 5.56 Å². The van der Waals surface area contributed by atoms with Crippen molar-refractivity contribution in [2.45, 2.75) is 6.61 Å². The molecule has 0 saturated carbocycles. The molecule has 3 aromatic rings. The van der Waals surface area contributed by atoms with E-state index in [0.29, 0.717) is 17.2 Å². The lowest BCUT2D eigenvalue weighted by Gasteiger charge is -1.98. The Morgan fingerprint density at radius 2 is 1.88 bits per heavy atom. The van der Waals surface area contributed by atoms with Gasteiger partial charge >= 0.3 is 5.97 Å². The number of benzene rings is 2. The molecule has 1 aromatic heterocycles. The minimum atomic E-state index is -0.567. The van der Waals surface area contributed by atoms with E-state index < -0.39 is 10.9 Å². The van der Waals surface area contributed by atoms with Crippen LogP contribution >= 0.6 is 0 Å². The molecule has 0 N–H and O–H groups in total. The maximum atomic E-state index is 11.8. The molecule has 0 atom stereocenters. The standard InChI is InChI=1S/C19H14N2O5/c22-19(11-8-14-6-9-16(10-7-14)21(23)24)25-13-18-20-12-17(26-18)15-4-2-1-3-5-15/h1-12H,13H2/b11-8+. The number of ether oxygens (including phenoxy) is 1. The maximum absolute atomic E-state index is 11.8. The van der Waals surface area contributed by atoms with E-state index >= 15 is 0 Å². The Bertz CT molecular complexity index is 930. The lowest BCUT2D eigenvalue weighted by Crippen LogP contribution is -2.00. The molecule has 0 bridgehead atoms. The van der Waals surface area contributed by atoms with Gasteiger partial charge < -0.3 is 9.15 Å². The summed E-state index contributed by atoms with van der Waals surface area (Å²) in [4.78, 5) is 25.9. The Kier molecular flexibility index (Phi) is 5.19. The Balaban J connectivity index is 1.54. The first-order valence-electron chi connectivity index (χ1n) is 7.71. The van der Waals surface area contributed by atoms with Crippen LogP contribution in [-0.4, -0.2) is 15.9 Å². The second-order valence-electron chi connectivity index (χ2n) is 5.27. The molecule has 0 aliphatic heterocycles. The summed E-state index contributed by atoms with van der Waals surface area (Å²) in [7, 11) is 0. The highest BCUT2D eigenvalue weighted by Crippen LogP contribution is 2.20. The van der Waals surface area contributed by atoms with Gasteiger partial charge in [-0.2, -0.15) is 0 Å². The van der Waals surface area contributed by atoms with Crippen molar-refractivity contribution in [3.05, 3.63) is 88.4 Å². The molecule has 26 heavy (non-hydrogen) atoms. The third-order valence-electron chi connectivity index (χ3n) is 3.47. The van der Waals surface area contributed by atoms with Crippen LogP contribution in [0.15, 0.2) is 71.3 Å². The number of hydrogen-bond donors (Lipinski definition) is 0. The summed E-state index contributed by atoms with van der Waals surface area (Å²) in [5.74, 6) is 0.321. The van der Waals surface area contributed by atoms with Crippen molar-refractivity contribution in [3.63, 3.8) is 0 Å². The molecule has 130 valence electrons. The number of nitrogens with zero attached hydrogens (tertiary/aromatic N) is 2. The molecule has 0 fully saturated rings. The van der Waals surface area contributed by atoms with E-state index in [1.807, 2.05) is 30.3 Å². The number of carbonyl (C=O) groups excluding carboxylic acids is 1. The fourth-order valence-electron chi connectivity index (χ4n) is 2.17. The second kappa shape index (κ2) is 7.89. The summed E-state index contributed by atoms with van der Waals surface area (Å²) in [6, 6.07) is 15.3. The zero-order chi connectivity index (χ0) is 18.4. The third kappa shape index (κ3) is 4.41. The lowest BCUT2D eigenvalue weighted by molar-refractivity contribution is -0.384. The monoisotopic (exact) mass is 350 g/mol. The minimum absolute atomic E-state index is 0.0113. The van der Waals surface area contributed by atoms with Gasteiger partial charge in [0.1, 0.15) is 0 Å². The average Bonchev–Trinajstić information content (AvgIpc) is 3.15. The van der Waals surface area contributed by atoms with Crippen LogP contribution < -0.4 is 0 Å². The van der Waals surface area contributed by atoms with Crippen molar-refractivity contribution < 1.29 is 18.9 Å². The van der Waals surface area contributed by atoms with E-state index in [1.54, 1.807) is 18.3 Å². The average molecular weight is 350 g/mol. The number of nitro groups is 1. The molecule has 0 aliphatic rings. The Labute approximate surface area is 148 Å². The van der Waals surface area contributed by atoms with E-state index in [2.05, 4.69) is 4.98 Å². The number of hydrogen-bond acceptors (Lipinski definition) is 6. The van der Waals surface area contributed by atoms with Gasteiger partial charge in [-0.1, -0.05) is 30.3 Å². The number of nitro benzene ring substituents is 1. The van der Waals surface area contributed by atoms with Crippen molar-refractivity contribution in [2.75, 3.05) is 0 Å². The predicted molar refractivity (Wildman–Crippen MR) is 93.9 cm³/mol. The van der Waals surface area contributed by atoms with Gasteiger partial charge in [-0.15, -0.1) is 0 Å². The summed E-state index contributed by atoms with van der Waals surface area (Å²) < 4.78 is 10.6. The molecule has 7 nitrogen and oxygen atoms in total. The molecule has 7 heteroatoms. The number of aromatic nitrogens is 1. The largest absolute Gasteiger partial charge is 0.453 e. The van der Waals surface area contributed by atoms with Crippen LogP contribution in [0.5, 0.6) is 0 Å². The topological polar surface area (TPSA) is 95.5 Å². The quantitative estimate of drug-likeness (QED) is 0.288. The summed E-state index contributed by atoms with van der Waals surface area (Å²) in [6.45, 7) is -0.0870. The summed E-state index contributed by atoms with van der Waals surface area (Å²) in [5.41, 5.74) is 1.52. The molecule has 0 radical (unpaired) electrons. The highest BCUT2D eigenvalue weighted by atomic mass is 16.6. The van der Waals surface area contributed by atoms with E-state index in [1.165, 1.54) is 24.3 Å². The van der Waals surface area contributed by atoms with Crippen LogP contribution in [0, 0.1) is 10.1 Å². The molecule has 0 saturated heterocycles. The Hall–Kier alpha value is -3.74. The number of oxazole rings is 1. The third-order valence-corrected chi connectivity index (χ3v) is 3.47. The van der Waals surface area contributed by atoms with Gasteiger partial charge in [-0.25, -0.2) is 9.78 Å². The van der Waals surface area contributed by atoms with E-state index in [-0.39, 0.29) is 12.3 Å². The predicted octanol–water partition coefficient (Wildman–Crippen LogP) is 4.01. The van der Waals surface area contributed by atoms with Gasteiger partial charge in [-0.05, 0) is 23.8 Å². The van der Waals surface area contributed by atoms with Gasteiger partial charge in [0.05, 0.1) is 11.1 Å². The zero-order valence-corrected chi connectivity index (χ0v) is 13.6. The molecule has 2 aromatic carbocycles. The fraction of sp³-hybridized carbons (Fsp3) is 0.0526. The Morgan fingerprint density at radius 1 is 1.15 bits per heavy atom. The number of carbonyl (C=O) groups is 1. The number of non-ortho nitro benzene ring substituents is 1. The molecule has 0 aliphatic carbocycles. The molecule has 1 heterocycles. The summed E-state index contributed by atoms with van der Waals surface area (Å²) in [6.07, 6.45) is 4.32. The highest BCUT2D eigenvalue weighted by Gasteiger charge is 2.08. The smallest absolute Gasteiger partial charge is 0.331 e. The lowest BCUT2D eigenvalue weighted by atomic mass is 10.2. The van der Waals surface area contributed by atoms with Crippen molar-refractivity contribution >= 4 is 17.7 Å². The van der Waals surface area contributed by atoms with Crippen LogP contribution in [0.3, 0.4) is 0 Å². The number of esters is 1. The molecule has 3 rings (SSSR count). The summed E-state index contributed by atoms with van der Waals surface area (Å²) in [5, 5.41) is 10.6. The summed E-state index contributed by atoms with van der Waals surface area (Å²) >= 11 is 0. The van der Waals surface area contributed by atoms with Gasteiger partial charge in [0.15, 0.2) is 12.4 Å². The maximum Gasteiger partial charge on any atom is 0.331 e. The first kappa shape index (κ1) is 17.1.